The Balaban J connectivity index is 2.12. The van der Waals surface area contributed by atoms with Gasteiger partial charge in [0.2, 0.25) is 0 Å². The van der Waals surface area contributed by atoms with E-state index in [-0.39, 0.29) is 0 Å². The van der Waals surface area contributed by atoms with Gasteiger partial charge >= 0.3 is 0 Å². The average Bonchev–Trinajstić information content (AvgIpc) is 2.96. The summed E-state index contributed by atoms with van der Waals surface area (Å²) in [5.74, 6) is 1.90. The maximum absolute atomic E-state index is 5.94. The second-order valence-corrected chi connectivity index (χ2v) is 5.57. The predicted molar refractivity (Wildman–Crippen MR) is 92.7 cm³/mol. The van der Waals surface area contributed by atoms with Crippen molar-refractivity contribution in [2.45, 2.75) is 5.22 Å². The number of methoxy groups -OCH3 is 2. The minimum Gasteiger partial charge on any atom is -0.493 e. The van der Waals surface area contributed by atoms with Crippen molar-refractivity contribution in [3.63, 3.8) is 0 Å². The molecule has 0 radical (unpaired) electrons. The van der Waals surface area contributed by atoms with Crippen LogP contribution in [0.1, 0.15) is 0 Å². The maximum atomic E-state index is 5.94. The molecule has 118 valence electrons. The number of ether oxygens (including phenoxy) is 2. The van der Waals surface area contributed by atoms with E-state index >= 15 is 0 Å². The van der Waals surface area contributed by atoms with E-state index in [1.807, 2.05) is 30.3 Å². The summed E-state index contributed by atoms with van der Waals surface area (Å²) in [5.41, 5.74) is 2.39. The van der Waals surface area contributed by atoms with Crippen LogP contribution in [0.3, 0.4) is 0 Å². The van der Waals surface area contributed by atoms with Crippen LogP contribution in [-0.2, 0) is 0 Å². The molecule has 0 unspecified atom stereocenters. The molecule has 3 rings (SSSR count). The first-order valence-corrected chi connectivity index (χ1v) is 7.63. The fourth-order valence-corrected chi connectivity index (χ4v) is 2.60. The standard InChI is InChI=1S/C17H14ClNO3S/c1-20-13-8-5-11(9-14(13)21-2)15-16(22-17(23)19-15)10-3-6-12(18)7-4-10/h3-9H,1-2H3,(H,19,23). The van der Waals surface area contributed by atoms with E-state index < -0.39 is 0 Å². The van der Waals surface area contributed by atoms with Crippen molar-refractivity contribution >= 4 is 24.2 Å². The van der Waals surface area contributed by atoms with E-state index in [1.165, 1.54) is 0 Å². The summed E-state index contributed by atoms with van der Waals surface area (Å²) in [6, 6.07) is 12.9. The third-order valence-corrected chi connectivity index (χ3v) is 3.82. The molecule has 6 heteroatoms. The molecular weight excluding hydrogens is 334 g/mol. The molecule has 0 N–H and O–H groups in total. The highest BCUT2D eigenvalue weighted by molar-refractivity contribution is 7.80. The van der Waals surface area contributed by atoms with Crippen LogP contribution in [0.4, 0.5) is 0 Å². The van der Waals surface area contributed by atoms with E-state index in [9.17, 15) is 0 Å². The quantitative estimate of drug-likeness (QED) is 0.677. The molecule has 0 spiro atoms. The Morgan fingerprint density at radius 1 is 0.957 bits per heavy atom. The molecule has 0 aliphatic rings. The van der Waals surface area contributed by atoms with Crippen molar-refractivity contribution < 1.29 is 13.9 Å². The number of nitrogens with zero attached hydrogens (tertiary/aromatic N) is 1. The number of rotatable bonds is 4. The first-order chi connectivity index (χ1) is 11.1. The number of hydrogen-bond donors (Lipinski definition) is 1. The van der Waals surface area contributed by atoms with Crippen LogP contribution in [0.2, 0.25) is 5.02 Å². The summed E-state index contributed by atoms with van der Waals surface area (Å²) >= 11 is 10.2. The third-order valence-electron chi connectivity index (χ3n) is 3.38. The summed E-state index contributed by atoms with van der Waals surface area (Å²) in [6.45, 7) is 0. The molecule has 0 aliphatic heterocycles. The highest BCUT2D eigenvalue weighted by Crippen LogP contribution is 2.38. The summed E-state index contributed by atoms with van der Waals surface area (Å²) < 4.78 is 16.3. The number of halogens is 1. The van der Waals surface area contributed by atoms with E-state index in [4.69, 9.17) is 25.5 Å². The molecule has 0 fully saturated rings. The maximum Gasteiger partial charge on any atom is 0.253 e. The molecule has 23 heavy (non-hydrogen) atoms. The molecule has 4 nitrogen and oxygen atoms in total. The van der Waals surface area contributed by atoms with Gasteiger partial charge in [-0.05, 0) is 42.5 Å². The fourth-order valence-electron chi connectivity index (χ4n) is 2.28. The number of hydrogen-bond acceptors (Lipinski definition) is 5. The SMILES string of the molecule is COc1ccc(-c2nc(S)oc2-c2ccc(Cl)cc2)cc1OC. The van der Waals surface area contributed by atoms with Crippen LogP contribution in [0.25, 0.3) is 22.6 Å². The molecule has 0 bridgehead atoms. The number of oxazole rings is 1. The Hall–Kier alpha value is -2.11. The zero-order valence-electron chi connectivity index (χ0n) is 12.5. The zero-order valence-corrected chi connectivity index (χ0v) is 14.2. The molecule has 0 aliphatic carbocycles. The van der Waals surface area contributed by atoms with Gasteiger partial charge in [-0.15, -0.1) is 0 Å². The van der Waals surface area contributed by atoms with Crippen molar-refractivity contribution in [3.8, 4) is 34.1 Å². The van der Waals surface area contributed by atoms with Crippen LogP contribution in [0, 0.1) is 0 Å². The zero-order chi connectivity index (χ0) is 16.4. The van der Waals surface area contributed by atoms with Crippen molar-refractivity contribution in [1.29, 1.82) is 0 Å². The fraction of sp³-hybridized carbons (Fsp3) is 0.118. The smallest absolute Gasteiger partial charge is 0.253 e. The highest BCUT2D eigenvalue weighted by atomic mass is 35.5. The normalized spacial score (nSPS) is 10.6. The summed E-state index contributed by atoms with van der Waals surface area (Å²) in [6.07, 6.45) is 0. The molecule has 3 aromatic rings. The molecule has 0 atom stereocenters. The third kappa shape index (κ3) is 3.16. The van der Waals surface area contributed by atoms with Crippen LogP contribution in [0.5, 0.6) is 11.5 Å². The van der Waals surface area contributed by atoms with E-state index in [0.29, 0.717) is 33.2 Å². The monoisotopic (exact) mass is 347 g/mol. The first-order valence-electron chi connectivity index (χ1n) is 6.80. The van der Waals surface area contributed by atoms with Crippen molar-refractivity contribution in [2.24, 2.45) is 0 Å². The number of benzene rings is 2. The van der Waals surface area contributed by atoms with Gasteiger partial charge in [0.1, 0.15) is 5.69 Å². The largest absolute Gasteiger partial charge is 0.493 e. The average molecular weight is 348 g/mol. The van der Waals surface area contributed by atoms with Gasteiger partial charge in [0, 0.05) is 16.1 Å². The Morgan fingerprint density at radius 3 is 2.26 bits per heavy atom. The summed E-state index contributed by atoms with van der Waals surface area (Å²) in [7, 11) is 3.19. The molecular formula is C17H14ClNO3S. The lowest BCUT2D eigenvalue weighted by Crippen LogP contribution is -1.91. The van der Waals surface area contributed by atoms with Crippen molar-refractivity contribution in [3.05, 3.63) is 47.5 Å². The van der Waals surface area contributed by atoms with E-state index in [2.05, 4.69) is 17.6 Å². The van der Waals surface area contributed by atoms with Gasteiger partial charge in [-0.2, -0.15) is 0 Å². The first kappa shape index (κ1) is 15.8. The summed E-state index contributed by atoms with van der Waals surface area (Å²) in [5, 5.41) is 0.951. The Bertz CT molecular complexity index is 830. The van der Waals surface area contributed by atoms with Gasteiger partial charge in [-0.25, -0.2) is 4.98 Å². The van der Waals surface area contributed by atoms with Gasteiger partial charge in [0.25, 0.3) is 5.22 Å². The van der Waals surface area contributed by atoms with Gasteiger partial charge in [-0.3, -0.25) is 0 Å². The van der Waals surface area contributed by atoms with Gasteiger partial charge in [0.15, 0.2) is 17.3 Å². The Morgan fingerprint density at radius 2 is 1.61 bits per heavy atom. The lowest BCUT2D eigenvalue weighted by atomic mass is 10.1. The minimum atomic E-state index is 0.291. The molecule has 0 amide bonds. The predicted octanol–water partition coefficient (Wildman–Crippen LogP) is 4.97. The van der Waals surface area contributed by atoms with Crippen molar-refractivity contribution in [1.82, 2.24) is 4.98 Å². The topological polar surface area (TPSA) is 44.5 Å². The van der Waals surface area contributed by atoms with Crippen LogP contribution in [-0.4, -0.2) is 19.2 Å². The van der Waals surface area contributed by atoms with Gasteiger partial charge in [-0.1, -0.05) is 24.2 Å². The number of aromatic nitrogens is 1. The van der Waals surface area contributed by atoms with Crippen LogP contribution in [0.15, 0.2) is 52.1 Å². The van der Waals surface area contributed by atoms with E-state index in [1.54, 1.807) is 26.4 Å². The summed E-state index contributed by atoms with van der Waals surface area (Å²) in [4.78, 5) is 4.38. The highest BCUT2D eigenvalue weighted by Gasteiger charge is 2.17. The molecule has 2 aromatic carbocycles. The van der Waals surface area contributed by atoms with Crippen molar-refractivity contribution in [2.75, 3.05) is 14.2 Å². The van der Waals surface area contributed by atoms with Gasteiger partial charge in [0.05, 0.1) is 14.2 Å². The van der Waals surface area contributed by atoms with Gasteiger partial charge < -0.3 is 13.9 Å². The van der Waals surface area contributed by atoms with Crippen LogP contribution < -0.4 is 9.47 Å². The molecule has 1 aromatic heterocycles. The lowest BCUT2D eigenvalue weighted by molar-refractivity contribution is 0.355. The molecule has 0 saturated heterocycles. The van der Waals surface area contributed by atoms with Crippen LogP contribution >= 0.6 is 24.2 Å². The Kier molecular flexibility index (Phi) is 4.50. The second kappa shape index (κ2) is 6.56. The molecule has 1 heterocycles. The second-order valence-electron chi connectivity index (χ2n) is 4.75. The minimum absolute atomic E-state index is 0.291. The number of thiol groups is 1. The lowest BCUT2D eigenvalue weighted by Gasteiger charge is -2.09. The Labute approximate surface area is 144 Å². The van der Waals surface area contributed by atoms with E-state index in [0.717, 1.165) is 11.1 Å². The molecule has 0 saturated carbocycles.